The minimum Gasteiger partial charge on any atom is -0.368 e. The van der Waals surface area contributed by atoms with Gasteiger partial charge in [0.2, 0.25) is 5.95 Å². The van der Waals surface area contributed by atoms with Gasteiger partial charge in [-0.15, -0.1) is 11.3 Å². The van der Waals surface area contributed by atoms with Crippen molar-refractivity contribution in [2.24, 2.45) is 0 Å². The average molecular weight is 374 g/mol. The molecule has 0 bridgehead atoms. The number of hydrogen-bond donors (Lipinski definition) is 1. The van der Waals surface area contributed by atoms with Crippen LogP contribution in [0, 0.1) is 25.7 Å². The van der Waals surface area contributed by atoms with Gasteiger partial charge < -0.3 is 5.73 Å². The van der Waals surface area contributed by atoms with Gasteiger partial charge in [0, 0.05) is 34.3 Å². The van der Waals surface area contributed by atoms with Crippen LogP contribution in [0.4, 0.5) is 5.95 Å². The third-order valence-corrected chi connectivity index (χ3v) is 5.28. The largest absolute Gasteiger partial charge is 0.368 e. The van der Waals surface area contributed by atoms with Gasteiger partial charge in [-0.1, -0.05) is 11.8 Å². The Morgan fingerprint density at radius 3 is 2.78 bits per heavy atom. The fourth-order valence-electron chi connectivity index (χ4n) is 2.83. The second kappa shape index (κ2) is 6.82. The number of rotatable bonds is 2. The molecule has 3 aromatic heterocycles. The van der Waals surface area contributed by atoms with Crippen LogP contribution in [0.2, 0.25) is 0 Å². The number of aromatic nitrogens is 5. The van der Waals surface area contributed by atoms with Crippen molar-refractivity contribution in [1.82, 2.24) is 24.7 Å². The molecular formula is C20H18N6S. The Morgan fingerprint density at radius 1 is 1.19 bits per heavy atom. The van der Waals surface area contributed by atoms with E-state index in [0.29, 0.717) is 5.82 Å². The molecule has 6 nitrogen and oxygen atoms in total. The van der Waals surface area contributed by atoms with Crippen LogP contribution in [0.5, 0.6) is 0 Å². The summed E-state index contributed by atoms with van der Waals surface area (Å²) in [5, 5.41) is 6.70. The molecule has 0 aliphatic heterocycles. The highest BCUT2D eigenvalue weighted by atomic mass is 32.1. The number of nitrogens with zero attached hydrogens (tertiary/aromatic N) is 5. The number of anilines is 1. The predicted molar refractivity (Wildman–Crippen MR) is 108 cm³/mol. The summed E-state index contributed by atoms with van der Waals surface area (Å²) in [5.41, 5.74) is 8.51. The van der Waals surface area contributed by atoms with Crippen molar-refractivity contribution >= 4 is 28.2 Å². The fourth-order valence-corrected chi connectivity index (χ4v) is 3.61. The van der Waals surface area contributed by atoms with E-state index in [1.165, 1.54) is 4.88 Å². The Morgan fingerprint density at radius 2 is 2.04 bits per heavy atom. The number of nitrogens with two attached hydrogens (primary N) is 1. The van der Waals surface area contributed by atoms with Crippen molar-refractivity contribution in [3.05, 3.63) is 57.8 Å². The molecule has 0 radical (unpaired) electrons. The molecule has 0 fully saturated rings. The standard InChI is InChI=1S/C20H18N6S/c1-12(19-23-11-13(2)27-19)4-5-15-6-7-16-14(3)25-26(17(16)10-15)18-8-9-22-20(21)24-18/h6-12H,1-3H3,(H2,21,22,24). The van der Waals surface area contributed by atoms with Gasteiger partial charge in [-0.3, -0.25) is 0 Å². The smallest absolute Gasteiger partial charge is 0.221 e. The van der Waals surface area contributed by atoms with Crippen molar-refractivity contribution in [2.75, 3.05) is 5.73 Å². The minimum atomic E-state index is 0.0905. The van der Waals surface area contributed by atoms with Crippen LogP contribution in [0.3, 0.4) is 0 Å². The molecule has 0 aliphatic carbocycles. The molecule has 0 aliphatic rings. The molecule has 4 aromatic rings. The summed E-state index contributed by atoms with van der Waals surface area (Å²) in [7, 11) is 0. The van der Waals surface area contributed by atoms with Crippen molar-refractivity contribution < 1.29 is 0 Å². The van der Waals surface area contributed by atoms with Gasteiger partial charge in [0.1, 0.15) is 5.01 Å². The molecule has 27 heavy (non-hydrogen) atoms. The van der Waals surface area contributed by atoms with Crippen molar-refractivity contribution in [2.45, 2.75) is 26.7 Å². The van der Waals surface area contributed by atoms with E-state index in [1.807, 2.05) is 31.3 Å². The Kier molecular flexibility index (Phi) is 4.34. The lowest BCUT2D eigenvalue weighted by molar-refractivity contribution is 0.853. The molecule has 2 N–H and O–H groups in total. The van der Waals surface area contributed by atoms with Crippen LogP contribution >= 0.6 is 11.3 Å². The number of benzene rings is 1. The van der Waals surface area contributed by atoms with E-state index in [4.69, 9.17) is 5.73 Å². The summed E-state index contributed by atoms with van der Waals surface area (Å²) >= 11 is 1.68. The maximum atomic E-state index is 5.72. The Bertz CT molecular complexity index is 1190. The first kappa shape index (κ1) is 17.2. The number of aryl methyl sites for hydroxylation is 2. The van der Waals surface area contributed by atoms with Crippen molar-refractivity contribution in [3.8, 4) is 17.7 Å². The van der Waals surface area contributed by atoms with Crippen molar-refractivity contribution in [3.63, 3.8) is 0 Å². The number of nitrogen functional groups attached to an aromatic ring is 1. The molecule has 0 amide bonds. The molecule has 1 atom stereocenters. The minimum absolute atomic E-state index is 0.0905. The highest BCUT2D eigenvalue weighted by Gasteiger charge is 2.11. The first-order chi connectivity index (χ1) is 13.0. The van der Waals surface area contributed by atoms with E-state index in [0.717, 1.165) is 27.2 Å². The normalized spacial score (nSPS) is 12.0. The van der Waals surface area contributed by atoms with E-state index in [-0.39, 0.29) is 11.9 Å². The van der Waals surface area contributed by atoms with Crippen LogP contribution < -0.4 is 5.73 Å². The fraction of sp³-hybridized carbons (Fsp3) is 0.200. The summed E-state index contributed by atoms with van der Waals surface area (Å²) in [4.78, 5) is 13.8. The zero-order valence-electron chi connectivity index (χ0n) is 15.3. The molecule has 0 spiro atoms. The monoisotopic (exact) mass is 374 g/mol. The van der Waals surface area contributed by atoms with Crippen LogP contribution in [-0.4, -0.2) is 24.7 Å². The molecular weight excluding hydrogens is 356 g/mol. The highest BCUT2D eigenvalue weighted by molar-refractivity contribution is 7.11. The second-order valence-corrected chi connectivity index (χ2v) is 7.57. The van der Waals surface area contributed by atoms with E-state index in [1.54, 1.807) is 28.3 Å². The van der Waals surface area contributed by atoms with Crippen LogP contribution in [-0.2, 0) is 0 Å². The maximum Gasteiger partial charge on any atom is 0.221 e. The van der Waals surface area contributed by atoms with Gasteiger partial charge in [0.25, 0.3) is 0 Å². The Hall–Kier alpha value is -3.24. The topological polar surface area (TPSA) is 82.5 Å². The third kappa shape index (κ3) is 3.39. The van der Waals surface area contributed by atoms with Gasteiger partial charge in [-0.25, -0.2) is 14.6 Å². The lowest BCUT2D eigenvalue weighted by atomic mass is 10.1. The first-order valence-electron chi connectivity index (χ1n) is 8.53. The van der Waals surface area contributed by atoms with E-state index >= 15 is 0 Å². The third-order valence-electron chi connectivity index (χ3n) is 4.18. The molecule has 0 saturated carbocycles. The SMILES string of the molecule is Cc1cnc(C(C)C#Cc2ccc3c(C)nn(-c4ccnc(N)n4)c3c2)s1. The van der Waals surface area contributed by atoms with E-state index in [2.05, 4.69) is 45.7 Å². The summed E-state index contributed by atoms with van der Waals surface area (Å²) in [6, 6.07) is 7.87. The lowest BCUT2D eigenvalue weighted by Crippen LogP contribution is -2.03. The predicted octanol–water partition coefficient (Wildman–Crippen LogP) is 3.63. The van der Waals surface area contributed by atoms with Crippen molar-refractivity contribution in [1.29, 1.82) is 0 Å². The van der Waals surface area contributed by atoms with Gasteiger partial charge in [-0.2, -0.15) is 10.1 Å². The summed E-state index contributed by atoms with van der Waals surface area (Å²) < 4.78 is 1.78. The molecule has 134 valence electrons. The maximum absolute atomic E-state index is 5.72. The molecule has 0 saturated heterocycles. The quantitative estimate of drug-likeness (QED) is 0.542. The van der Waals surface area contributed by atoms with Gasteiger partial charge in [0.15, 0.2) is 5.82 Å². The highest BCUT2D eigenvalue weighted by Crippen LogP contribution is 2.23. The van der Waals surface area contributed by atoms with Gasteiger partial charge >= 0.3 is 0 Å². The molecule has 1 aromatic carbocycles. The molecule has 4 rings (SSSR count). The van der Waals surface area contributed by atoms with Gasteiger partial charge in [0.05, 0.1) is 17.1 Å². The number of fused-ring (bicyclic) bond motifs is 1. The van der Waals surface area contributed by atoms with E-state index in [9.17, 15) is 0 Å². The Balaban J connectivity index is 1.74. The molecule has 3 heterocycles. The Labute approximate surface area is 161 Å². The summed E-state index contributed by atoms with van der Waals surface area (Å²) in [5.74, 6) is 7.50. The zero-order valence-corrected chi connectivity index (χ0v) is 16.1. The first-order valence-corrected chi connectivity index (χ1v) is 9.35. The van der Waals surface area contributed by atoms with Crippen LogP contribution in [0.15, 0.2) is 36.7 Å². The molecule has 7 heteroatoms. The lowest BCUT2D eigenvalue weighted by Gasteiger charge is -2.03. The summed E-state index contributed by atoms with van der Waals surface area (Å²) in [6.45, 7) is 6.10. The second-order valence-electron chi connectivity index (χ2n) is 6.30. The van der Waals surface area contributed by atoms with Crippen LogP contribution in [0.25, 0.3) is 16.7 Å². The number of thiazole rings is 1. The average Bonchev–Trinajstić information content (AvgIpc) is 3.23. The summed E-state index contributed by atoms with van der Waals surface area (Å²) in [6.07, 6.45) is 3.51. The zero-order chi connectivity index (χ0) is 19.0. The van der Waals surface area contributed by atoms with Crippen LogP contribution in [0.1, 0.15) is 34.0 Å². The van der Waals surface area contributed by atoms with Gasteiger partial charge in [-0.05, 0) is 39.0 Å². The van der Waals surface area contributed by atoms with E-state index < -0.39 is 0 Å². The number of hydrogen-bond acceptors (Lipinski definition) is 6. The molecule has 1 unspecified atom stereocenters.